The van der Waals surface area contributed by atoms with Gasteiger partial charge in [0.25, 0.3) is 0 Å². The average molecular weight is 379 g/mol. The molecule has 8 heteroatoms. The molecule has 27 heavy (non-hydrogen) atoms. The number of hydrogen-bond donors (Lipinski definition) is 2. The Balaban J connectivity index is 1.28. The molecule has 0 aliphatic carbocycles. The number of benzene rings is 1. The minimum absolute atomic E-state index is 0.0312. The molecular formula is C19H17N5O2S. The molecule has 2 aromatic heterocycles. The summed E-state index contributed by atoms with van der Waals surface area (Å²) in [5, 5.41) is 14.8. The van der Waals surface area contributed by atoms with E-state index in [1.807, 2.05) is 36.4 Å². The van der Waals surface area contributed by atoms with Crippen LogP contribution in [0, 0.1) is 0 Å². The third kappa shape index (κ3) is 4.17. The van der Waals surface area contributed by atoms with Crippen molar-refractivity contribution in [3.63, 3.8) is 0 Å². The maximum absolute atomic E-state index is 12.1. The predicted molar refractivity (Wildman–Crippen MR) is 103 cm³/mol. The van der Waals surface area contributed by atoms with Gasteiger partial charge in [0.05, 0.1) is 6.42 Å². The number of carbonyl (C=O) groups is 2. The number of nitrogens with zero attached hydrogens (tertiary/aromatic N) is 3. The molecule has 0 saturated carbocycles. The van der Waals surface area contributed by atoms with Crippen molar-refractivity contribution in [2.75, 3.05) is 10.6 Å². The number of amides is 2. The summed E-state index contributed by atoms with van der Waals surface area (Å²) < 4.78 is 0. The number of carbonyl (C=O) groups excluding carboxylic acids is 2. The molecule has 1 aromatic carbocycles. The topological polar surface area (TPSA) is 96.9 Å². The second kappa shape index (κ2) is 7.63. The van der Waals surface area contributed by atoms with Gasteiger partial charge in [-0.3, -0.25) is 14.6 Å². The highest BCUT2D eigenvalue weighted by molar-refractivity contribution is 7.18. The van der Waals surface area contributed by atoms with E-state index >= 15 is 0 Å². The molecule has 136 valence electrons. The van der Waals surface area contributed by atoms with Crippen LogP contribution in [0.3, 0.4) is 0 Å². The number of fused-ring (bicyclic) bond motifs is 1. The Kier molecular flexibility index (Phi) is 4.88. The van der Waals surface area contributed by atoms with Gasteiger partial charge >= 0.3 is 0 Å². The third-order valence-electron chi connectivity index (χ3n) is 4.22. The van der Waals surface area contributed by atoms with E-state index in [0.717, 1.165) is 35.3 Å². The molecule has 7 nitrogen and oxygen atoms in total. The molecular weight excluding hydrogens is 362 g/mol. The summed E-state index contributed by atoms with van der Waals surface area (Å²) in [5.74, 6) is -0.0552. The fourth-order valence-corrected chi connectivity index (χ4v) is 3.68. The first kappa shape index (κ1) is 17.3. The SMILES string of the molecule is O=C(CCCc1ccc2c(c1)CC(=O)N2)Nc1nnc(-c2ccccn2)s1. The first-order valence-corrected chi connectivity index (χ1v) is 9.45. The van der Waals surface area contributed by atoms with Crippen LogP contribution in [-0.4, -0.2) is 27.0 Å². The van der Waals surface area contributed by atoms with E-state index in [2.05, 4.69) is 25.8 Å². The Morgan fingerprint density at radius 2 is 2.15 bits per heavy atom. The van der Waals surface area contributed by atoms with E-state index in [-0.39, 0.29) is 11.8 Å². The van der Waals surface area contributed by atoms with Gasteiger partial charge in [-0.2, -0.15) is 0 Å². The number of hydrogen-bond acceptors (Lipinski definition) is 6. The minimum atomic E-state index is -0.0864. The van der Waals surface area contributed by atoms with Crippen molar-refractivity contribution in [1.29, 1.82) is 0 Å². The lowest BCUT2D eigenvalue weighted by Crippen LogP contribution is -2.11. The molecule has 2 amide bonds. The van der Waals surface area contributed by atoms with Crippen LogP contribution in [0.4, 0.5) is 10.8 Å². The van der Waals surface area contributed by atoms with Crippen molar-refractivity contribution >= 4 is 34.0 Å². The summed E-state index contributed by atoms with van der Waals surface area (Å²) >= 11 is 1.30. The lowest BCUT2D eigenvalue weighted by atomic mass is 10.0. The first-order valence-electron chi connectivity index (χ1n) is 8.64. The second-order valence-corrected chi connectivity index (χ2v) is 7.22. The smallest absolute Gasteiger partial charge is 0.228 e. The molecule has 0 unspecified atom stereocenters. The Morgan fingerprint density at radius 3 is 3.00 bits per heavy atom. The molecule has 0 spiro atoms. The second-order valence-electron chi connectivity index (χ2n) is 6.25. The summed E-state index contributed by atoms with van der Waals surface area (Å²) in [6.07, 6.45) is 4.02. The summed E-state index contributed by atoms with van der Waals surface area (Å²) in [6.45, 7) is 0. The van der Waals surface area contributed by atoms with Gasteiger partial charge in [0.2, 0.25) is 16.9 Å². The Morgan fingerprint density at radius 1 is 1.22 bits per heavy atom. The molecule has 3 aromatic rings. The standard InChI is InChI=1S/C19H17N5O2S/c25-16(22-19-24-23-18(27-19)15-5-1-2-9-20-15)6-3-4-12-7-8-14-13(10-12)11-17(26)21-14/h1-2,5,7-10H,3-4,6,11H2,(H,21,26)(H,22,24,25). The van der Waals surface area contributed by atoms with E-state index in [4.69, 9.17) is 0 Å². The number of pyridine rings is 1. The van der Waals surface area contributed by atoms with Crippen molar-refractivity contribution in [3.8, 4) is 10.7 Å². The van der Waals surface area contributed by atoms with Crippen molar-refractivity contribution < 1.29 is 9.59 Å². The Bertz CT molecular complexity index is 987. The third-order valence-corrected chi connectivity index (χ3v) is 5.08. The van der Waals surface area contributed by atoms with Crippen LogP contribution in [0.2, 0.25) is 0 Å². The van der Waals surface area contributed by atoms with E-state index in [9.17, 15) is 9.59 Å². The van der Waals surface area contributed by atoms with Gasteiger partial charge in [-0.1, -0.05) is 29.5 Å². The minimum Gasteiger partial charge on any atom is -0.326 e. The number of anilines is 2. The monoisotopic (exact) mass is 379 g/mol. The van der Waals surface area contributed by atoms with Crippen molar-refractivity contribution in [2.24, 2.45) is 0 Å². The molecule has 0 radical (unpaired) electrons. The molecule has 1 aliphatic heterocycles. The van der Waals surface area contributed by atoms with E-state index in [1.54, 1.807) is 6.20 Å². The molecule has 0 saturated heterocycles. The highest BCUT2D eigenvalue weighted by Crippen LogP contribution is 2.25. The van der Waals surface area contributed by atoms with Crippen LogP contribution >= 0.6 is 11.3 Å². The van der Waals surface area contributed by atoms with Gasteiger partial charge < -0.3 is 10.6 Å². The molecule has 0 bridgehead atoms. The largest absolute Gasteiger partial charge is 0.326 e. The fourth-order valence-electron chi connectivity index (χ4n) is 2.94. The quantitative estimate of drug-likeness (QED) is 0.686. The number of rotatable bonds is 6. The Hall–Kier alpha value is -3.13. The van der Waals surface area contributed by atoms with Crippen molar-refractivity contribution in [2.45, 2.75) is 25.7 Å². The summed E-state index contributed by atoms with van der Waals surface area (Å²) in [4.78, 5) is 27.8. The Labute approximate surface area is 159 Å². The fraction of sp³-hybridized carbons (Fsp3) is 0.211. The zero-order valence-corrected chi connectivity index (χ0v) is 15.3. The van der Waals surface area contributed by atoms with Crippen LogP contribution in [-0.2, 0) is 22.4 Å². The van der Waals surface area contributed by atoms with E-state index < -0.39 is 0 Å². The highest BCUT2D eigenvalue weighted by atomic mass is 32.1. The van der Waals surface area contributed by atoms with Crippen LogP contribution < -0.4 is 10.6 Å². The van der Waals surface area contributed by atoms with Crippen LogP contribution in [0.15, 0.2) is 42.6 Å². The molecule has 4 rings (SSSR count). The molecule has 0 fully saturated rings. The van der Waals surface area contributed by atoms with Crippen molar-refractivity contribution in [1.82, 2.24) is 15.2 Å². The zero-order chi connectivity index (χ0) is 18.6. The number of nitrogens with one attached hydrogen (secondary N) is 2. The maximum atomic E-state index is 12.1. The van der Waals surface area contributed by atoms with Crippen molar-refractivity contribution in [3.05, 3.63) is 53.7 Å². The highest BCUT2D eigenvalue weighted by Gasteiger charge is 2.17. The van der Waals surface area contributed by atoms with E-state index in [1.165, 1.54) is 11.3 Å². The zero-order valence-electron chi connectivity index (χ0n) is 14.4. The van der Waals surface area contributed by atoms with E-state index in [0.29, 0.717) is 23.0 Å². The van der Waals surface area contributed by atoms with Crippen LogP contribution in [0.5, 0.6) is 0 Å². The van der Waals surface area contributed by atoms with Gasteiger partial charge in [-0.05, 0) is 42.2 Å². The molecule has 0 atom stereocenters. The molecule has 1 aliphatic rings. The number of aryl methyl sites for hydroxylation is 1. The molecule has 2 N–H and O–H groups in total. The van der Waals surface area contributed by atoms with Crippen LogP contribution in [0.1, 0.15) is 24.0 Å². The predicted octanol–water partition coefficient (Wildman–Crippen LogP) is 3.06. The van der Waals surface area contributed by atoms with Gasteiger partial charge in [0, 0.05) is 18.3 Å². The maximum Gasteiger partial charge on any atom is 0.228 e. The normalized spacial score (nSPS) is 12.5. The summed E-state index contributed by atoms with van der Waals surface area (Å²) in [7, 11) is 0. The lowest BCUT2D eigenvalue weighted by molar-refractivity contribution is -0.116. The first-order chi connectivity index (χ1) is 13.2. The molecule has 3 heterocycles. The van der Waals surface area contributed by atoms with Crippen LogP contribution in [0.25, 0.3) is 10.7 Å². The van der Waals surface area contributed by atoms with Gasteiger partial charge in [-0.25, -0.2) is 0 Å². The summed E-state index contributed by atoms with van der Waals surface area (Å²) in [5.41, 5.74) is 3.78. The van der Waals surface area contributed by atoms with Gasteiger partial charge in [0.1, 0.15) is 5.69 Å². The number of aromatic nitrogens is 3. The van der Waals surface area contributed by atoms with Gasteiger partial charge in [0.15, 0.2) is 5.01 Å². The van der Waals surface area contributed by atoms with Gasteiger partial charge in [-0.15, -0.1) is 10.2 Å². The lowest BCUT2D eigenvalue weighted by Gasteiger charge is -2.04. The summed E-state index contributed by atoms with van der Waals surface area (Å²) in [6, 6.07) is 11.5. The average Bonchev–Trinajstić information content (AvgIpc) is 3.27.